The van der Waals surface area contributed by atoms with Crippen molar-refractivity contribution in [3.05, 3.63) is 22.2 Å². The Bertz CT molecular complexity index is 539. The summed E-state index contributed by atoms with van der Waals surface area (Å²) in [5.74, 6) is -0.0549. The quantitative estimate of drug-likeness (QED) is 0.738. The first-order valence-electron chi connectivity index (χ1n) is 5.69. The Labute approximate surface area is 104 Å². The Kier molecular flexibility index (Phi) is 3.60. The highest BCUT2D eigenvalue weighted by Gasteiger charge is 2.25. The second-order valence-corrected chi connectivity index (χ2v) is 4.19. The molecule has 1 atom stereocenters. The average molecular weight is 250 g/mol. The van der Waals surface area contributed by atoms with E-state index in [9.17, 15) is 9.59 Å². The van der Waals surface area contributed by atoms with Crippen LogP contribution in [0.4, 0.5) is 0 Å². The molecule has 0 aromatic carbocycles. The number of nitrogens with one attached hydrogen (secondary N) is 1. The van der Waals surface area contributed by atoms with Crippen LogP contribution in [0.3, 0.4) is 0 Å². The fraction of sp³-hybridized carbons (Fsp3) is 0.545. The molecular formula is C11H14N4O3. The second-order valence-electron chi connectivity index (χ2n) is 4.19. The van der Waals surface area contributed by atoms with E-state index in [1.807, 2.05) is 0 Å². The number of aromatic nitrogens is 1. The van der Waals surface area contributed by atoms with Crippen molar-refractivity contribution in [1.82, 2.24) is 15.0 Å². The molecule has 96 valence electrons. The Balaban J connectivity index is 2.09. The maximum Gasteiger partial charge on any atom is 0.290 e. The molecule has 1 fully saturated rings. The van der Waals surface area contributed by atoms with Gasteiger partial charge in [0.2, 0.25) is 0 Å². The third-order valence-electron chi connectivity index (χ3n) is 2.83. The standard InChI is InChI=1S/C11H14N4O3/c1-8-4-10(16)15(18-8)11(17)7-14-3-2-13-6-9(14)5-12/h4,9,13H,2-3,6-7H2,1H3. The summed E-state index contributed by atoms with van der Waals surface area (Å²) in [6, 6.07) is 3.03. The minimum atomic E-state index is -0.471. The van der Waals surface area contributed by atoms with Crippen LogP contribution in [0.2, 0.25) is 0 Å². The number of aryl methyl sites for hydroxylation is 1. The van der Waals surface area contributed by atoms with E-state index in [2.05, 4.69) is 11.4 Å². The van der Waals surface area contributed by atoms with E-state index in [1.54, 1.807) is 11.8 Å². The van der Waals surface area contributed by atoms with E-state index in [0.717, 1.165) is 11.3 Å². The summed E-state index contributed by atoms with van der Waals surface area (Å²) < 4.78 is 5.76. The van der Waals surface area contributed by atoms with E-state index in [-0.39, 0.29) is 12.6 Å². The molecule has 0 radical (unpaired) electrons. The number of carbonyl (C=O) groups excluding carboxylic acids is 1. The molecule has 7 heteroatoms. The maximum atomic E-state index is 11.9. The molecule has 18 heavy (non-hydrogen) atoms. The number of hydrogen-bond donors (Lipinski definition) is 1. The van der Waals surface area contributed by atoms with Crippen LogP contribution in [-0.4, -0.2) is 47.8 Å². The number of carbonyl (C=O) groups is 1. The third-order valence-corrected chi connectivity index (χ3v) is 2.83. The van der Waals surface area contributed by atoms with Crippen LogP contribution in [0.5, 0.6) is 0 Å². The normalized spacial score (nSPS) is 20.6. The van der Waals surface area contributed by atoms with E-state index in [1.165, 1.54) is 6.07 Å². The molecule has 0 bridgehead atoms. The summed E-state index contributed by atoms with van der Waals surface area (Å²) >= 11 is 0. The molecule has 0 saturated carbocycles. The molecule has 1 aliphatic rings. The van der Waals surface area contributed by atoms with Gasteiger partial charge in [0.1, 0.15) is 11.8 Å². The first-order chi connectivity index (χ1) is 8.61. The van der Waals surface area contributed by atoms with Crippen molar-refractivity contribution >= 4 is 5.91 Å². The van der Waals surface area contributed by atoms with Crippen molar-refractivity contribution in [2.24, 2.45) is 0 Å². The molecule has 1 aromatic rings. The summed E-state index contributed by atoms with van der Waals surface area (Å²) in [6.45, 7) is 3.45. The van der Waals surface area contributed by atoms with Gasteiger partial charge in [-0.25, -0.2) is 0 Å². The Morgan fingerprint density at radius 3 is 3.11 bits per heavy atom. The average Bonchev–Trinajstić information content (AvgIpc) is 2.69. The highest BCUT2D eigenvalue weighted by Crippen LogP contribution is 2.03. The van der Waals surface area contributed by atoms with E-state index >= 15 is 0 Å². The van der Waals surface area contributed by atoms with Gasteiger partial charge in [-0.05, 0) is 6.92 Å². The SMILES string of the molecule is Cc1cc(=O)n(C(=O)CN2CCNCC2C#N)o1. The lowest BCUT2D eigenvalue weighted by Gasteiger charge is -2.30. The minimum Gasteiger partial charge on any atom is -0.373 e. The van der Waals surface area contributed by atoms with Crippen LogP contribution in [0.1, 0.15) is 10.6 Å². The number of nitrogens with zero attached hydrogens (tertiary/aromatic N) is 3. The van der Waals surface area contributed by atoms with Crippen LogP contribution in [0.25, 0.3) is 0 Å². The highest BCUT2D eigenvalue weighted by molar-refractivity contribution is 5.79. The molecule has 1 aliphatic heterocycles. The van der Waals surface area contributed by atoms with Gasteiger partial charge in [0, 0.05) is 25.7 Å². The molecule has 2 heterocycles. The van der Waals surface area contributed by atoms with Gasteiger partial charge < -0.3 is 9.84 Å². The monoisotopic (exact) mass is 250 g/mol. The smallest absolute Gasteiger partial charge is 0.290 e. The summed E-state index contributed by atoms with van der Waals surface area (Å²) in [7, 11) is 0. The molecule has 1 N–H and O–H groups in total. The third kappa shape index (κ3) is 2.50. The van der Waals surface area contributed by atoms with E-state index in [0.29, 0.717) is 18.8 Å². The Hall–Kier alpha value is -1.91. The van der Waals surface area contributed by atoms with Gasteiger partial charge in [0.15, 0.2) is 0 Å². The Morgan fingerprint density at radius 1 is 1.72 bits per heavy atom. The first kappa shape index (κ1) is 12.5. The first-order valence-corrected chi connectivity index (χ1v) is 5.69. The maximum absolute atomic E-state index is 11.9. The van der Waals surface area contributed by atoms with Crippen LogP contribution in [0, 0.1) is 18.3 Å². The van der Waals surface area contributed by atoms with Gasteiger partial charge >= 0.3 is 0 Å². The summed E-state index contributed by atoms with van der Waals surface area (Å²) in [4.78, 5) is 25.1. The fourth-order valence-electron chi connectivity index (χ4n) is 1.92. The van der Waals surface area contributed by atoms with Crippen molar-refractivity contribution in [1.29, 1.82) is 5.26 Å². The fourth-order valence-corrected chi connectivity index (χ4v) is 1.92. The van der Waals surface area contributed by atoms with Crippen LogP contribution in [-0.2, 0) is 0 Å². The van der Waals surface area contributed by atoms with Gasteiger partial charge in [-0.15, -0.1) is 4.74 Å². The lowest BCUT2D eigenvalue weighted by atomic mass is 10.2. The van der Waals surface area contributed by atoms with Gasteiger partial charge in [0.05, 0.1) is 12.6 Å². The zero-order valence-electron chi connectivity index (χ0n) is 10.0. The lowest BCUT2D eigenvalue weighted by Crippen LogP contribution is -2.52. The predicted octanol–water partition coefficient (Wildman–Crippen LogP) is -0.813. The van der Waals surface area contributed by atoms with E-state index < -0.39 is 11.5 Å². The second kappa shape index (κ2) is 5.16. The zero-order chi connectivity index (χ0) is 13.1. The molecule has 0 spiro atoms. The van der Waals surface area contributed by atoms with Crippen molar-refractivity contribution in [2.45, 2.75) is 13.0 Å². The number of nitriles is 1. The minimum absolute atomic E-state index is 0.00671. The highest BCUT2D eigenvalue weighted by atomic mass is 16.5. The number of rotatable bonds is 2. The summed E-state index contributed by atoms with van der Waals surface area (Å²) in [5.41, 5.74) is -0.471. The molecule has 2 rings (SSSR count). The van der Waals surface area contributed by atoms with Crippen molar-refractivity contribution in [3.63, 3.8) is 0 Å². The summed E-state index contributed by atoms with van der Waals surface area (Å²) in [6.07, 6.45) is 0. The van der Waals surface area contributed by atoms with Crippen molar-refractivity contribution in [3.8, 4) is 6.07 Å². The number of piperazine rings is 1. The molecule has 0 aliphatic carbocycles. The molecule has 1 unspecified atom stereocenters. The van der Waals surface area contributed by atoms with E-state index in [4.69, 9.17) is 9.78 Å². The van der Waals surface area contributed by atoms with Crippen LogP contribution < -0.4 is 10.9 Å². The molecule has 1 saturated heterocycles. The zero-order valence-corrected chi connectivity index (χ0v) is 10.0. The van der Waals surface area contributed by atoms with Gasteiger partial charge in [0.25, 0.3) is 11.5 Å². The molecule has 7 nitrogen and oxygen atoms in total. The molecule has 1 aromatic heterocycles. The van der Waals surface area contributed by atoms with Crippen molar-refractivity contribution in [2.75, 3.05) is 26.2 Å². The van der Waals surface area contributed by atoms with Crippen LogP contribution in [0.15, 0.2) is 15.4 Å². The van der Waals surface area contributed by atoms with Crippen molar-refractivity contribution < 1.29 is 9.32 Å². The topological polar surface area (TPSA) is 91.3 Å². The van der Waals surface area contributed by atoms with Gasteiger partial charge in [-0.3, -0.25) is 14.5 Å². The summed E-state index contributed by atoms with van der Waals surface area (Å²) in [5, 5.41) is 12.0. The van der Waals surface area contributed by atoms with Crippen LogP contribution >= 0.6 is 0 Å². The largest absolute Gasteiger partial charge is 0.373 e. The number of hydrogen-bond acceptors (Lipinski definition) is 6. The molecular weight excluding hydrogens is 236 g/mol. The molecule has 0 amide bonds. The van der Waals surface area contributed by atoms with Gasteiger partial charge in [-0.2, -0.15) is 5.26 Å². The Morgan fingerprint density at radius 2 is 2.50 bits per heavy atom. The van der Waals surface area contributed by atoms with Gasteiger partial charge in [-0.1, -0.05) is 0 Å². The predicted molar refractivity (Wildman–Crippen MR) is 62.2 cm³/mol. The lowest BCUT2D eigenvalue weighted by molar-refractivity contribution is 0.0681.